The number of piperidine rings is 1. The molecule has 0 aromatic carbocycles. The minimum Gasteiger partial charge on any atom is -0.312 e. The first kappa shape index (κ1) is 14.2. The lowest BCUT2D eigenvalue weighted by Crippen LogP contribution is -2.46. The Morgan fingerprint density at radius 1 is 1.27 bits per heavy atom. The van der Waals surface area contributed by atoms with Crippen LogP contribution in [0.5, 0.6) is 0 Å². The molecule has 5 heteroatoms. The zero-order valence-electron chi connectivity index (χ0n) is 13.1. The van der Waals surface area contributed by atoms with Crippen LogP contribution in [-0.4, -0.2) is 27.5 Å². The normalized spacial score (nSPS) is 24.3. The first-order valence-electron chi connectivity index (χ1n) is 7.95. The van der Waals surface area contributed by atoms with E-state index in [1.54, 1.807) is 6.07 Å². The van der Waals surface area contributed by atoms with Gasteiger partial charge >= 0.3 is 0 Å². The summed E-state index contributed by atoms with van der Waals surface area (Å²) in [5, 5.41) is 1.15. The maximum absolute atomic E-state index is 12.1. The molecule has 4 rings (SSSR count). The summed E-state index contributed by atoms with van der Waals surface area (Å²) in [6.07, 6.45) is 1.22. The first-order chi connectivity index (χ1) is 10.6. The van der Waals surface area contributed by atoms with Gasteiger partial charge in [-0.2, -0.15) is 0 Å². The molecule has 116 valence electrons. The molecule has 2 atom stereocenters. The maximum Gasteiger partial charge on any atom is 0.250 e. The van der Waals surface area contributed by atoms with Crippen molar-refractivity contribution in [1.29, 1.82) is 0 Å². The number of hydrogen-bond acceptors (Lipinski definition) is 4. The fourth-order valence-corrected chi connectivity index (χ4v) is 5.03. The van der Waals surface area contributed by atoms with E-state index < -0.39 is 0 Å². The van der Waals surface area contributed by atoms with Gasteiger partial charge < -0.3 is 4.57 Å². The van der Waals surface area contributed by atoms with E-state index in [1.165, 1.54) is 22.7 Å². The Morgan fingerprint density at radius 3 is 2.91 bits per heavy atom. The lowest BCUT2D eigenvalue weighted by molar-refractivity contribution is 0.115. The van der Waals surface area contributed by atoms with Crippen molar-refractivity contribution in [3.63, 3.8) is 0 Å². The van der Waals surface area contributed by atoms with Gasteiger partial charge in [-0.05, 0) is 32.3 Å². The molecular weight excluding hydrogens is 294 g/mol. The number of pyridine rings is 1. The summed E-state index contributed by atoms with van der Waals surface area (Å²) in [5.74, 6) is 1.09. The van der Waals surface area contributed by atoms with Gasteiger partial charge in [0.25, 0.3) is 5.56 Å². The maximum atomic E-state index is 12.1. The summed E-state index contributed by atoms with van der Waals surface area (Å²) < 4.78 is 2.00. The van der Waals surface area contributed by atoms with Crippen LogP contribution < -0.4 is 5.56 Å². The number of nitrogens with zero attached hydrogens (tertiary/aromatic N) is 3. The van der Waals surface area contributed by atoms with Gasteiger partial charge in [0.1, 0.15) is 0 Å². The Kier molecular flexibility index (Phi) is 3.42. The molecule has 2 aliphatic heterocycles. The van der Waals surface area contributed by atoms with Crippen LogP contribution in [-0.2, 0) is 13.1 Å². The number of likely N-dealkylation sites (tertiary alicyclic amines) is 1. The summed E-state index contributed by atoms with van der Waals surface area (Å²) >= 11 is 1.82. The SMILES string of the molecule is Cc1nc(C)c(CN2CC3CC(C2)c2cccc(=O)n2C3)s1. The predicted molar refractivity (Wildman–Crippen MR) is 88.4 cm³/mol. The average Bonchev–Trinajstić information content (AvgIpc) is 2.78. The Labute approximate surface area is 134 Å². The minimum atomic E-state index is 0.162. The summed E-state index contributed by atoms with van der Waals surface area (Å²) in [5.41, 5.74) is 2.56. The van der Waals surface area contributed by atoms with Crippen molar-refractivity contribution in [3.05, 3.63) is 49.8 Å². The average molecular weight is 315 g/mol. The number of hydrogen-bond donors (Lipinski definition) is 0. The number of aromatic nitrogens is 2. The number of fused-ring (bicyclic) bond motifs is 4. The lowest BCUT2D eigenvalue weighted by Gasteiger charge is -2.42. The van der Waals surface area contributed by atoms with Gasteiger partial charge in [0.2, 0.25) is 0 Å². The molecule has 2 aliphatic rings. The molecule has 1 fully saturated rings. The second kappa shape index (κ2) is 5.32. The highest BCUT2D eigenvalue weighted by molar-refractivity contribution is 7.11. The molecule has 2 bridgehead atoms. The molecule has 0 N–H and O–H groups in total. The van der Waals surface area contributed by atoms with Crippen LogP contribution in [0, 0.1) is 19.8 Å². The molecule has 0 amide bonds. The van der Waals surface area contributed by atoms with Crippen molar-refractivity contribution in [3.8, 4) is 0 Å². The Morgan fingerprint density at radius 2 is 2.14 bits per heavy atom. The molecular formula is C17H21N3OS. The topological polar surface area (TPSA) is 38.1 Å². The third-order valence-corrected chi connectivity index (χ3v) is 5.98. The van der Waals surface area contributed by atoms with Crippen LogP contribution >= 0.6 is 11.3 Å². The van der Waals surface area contributed by atoms with Gasteiger partial charge in [-0.1, -0.05) is 6.07 Å². The smallest absolute Gasteiger partial charge is 0.250 e. The van der Waals surface area contributed by atoms with Crippen molar-refractivity contribution in [2.75, 3.05) is 13.1 Å². The lowest BCUT2D eigenvalue weighted by atomic mass is 9.83. The largest absolute Gasteiger partial charge is 0.312 e. The van der Waals surface area contributed by atoms with E-state index in [0.717, 1.165) is 31.2 Å². The van der Waals surface area contributed by atoms with Crippen LogP contribution in [0.3, 0.4) is 0 Å². The number of aryl methyl sites for hydroxylation is 2. The van der Waals surface area contributed by atoms with Gasteiger partial charge in [-0.25, -0.2) is 4.98 Å². The fraction of sp³-hybridized carbons (Fsp3) is 0.529. The highest BCUT2D eigenvalue weighted by atomic mass is 32.1. The van der Waals surface area contributed by atoms with Gasteiger partial charge in [-0.15, -0.1) is 11.3 Å². The van der Waals surface area contributed by atoms with E-state index in [-0.39, 0.29) is 5.56 Å². The molecule has 1 saturated heterocycles. The van der Waals surface area contributed by atoms with Crippen molar-refractivity contribution < 1.29 is 0 Å². The molecule has 4 nitrogen and oxygen atoms in total. The molecule has 0 aliphatic carbocycles. The van der Waals surface area contributed by atoms with Crippen molar-refractivity contribution in [2.24, 2.45) is 5.92 Å². The minimum absolute atomic E-state index is 0.162. The highest BCUT2D eigenvalue weighted by Crippen LogP contribution is 2.36. The van der Waals surface area contributed by atoms with Crippen LogP contribution in [0.2, 0.25) is 0 Å². The third kappa shape index (κ3) is 2.42. The second-order valence-electron chi connectivity index (χ2n) is 6.63. The summed E-state index contributed by atoms with van der Waals surface area (Å²) in [6, 6.07) is 5.73. The molecule has 2 aromatic heterocycles. The molecule has 4 heterocycles. The van der Waals surface area contributed by atoms with Crippen LogP contribution in [0.25, 0.3) is 0 Å². The summed E-state index contributed by atoms with van der Waals surface area (Å²) in [7, 11) is 0. The summed E-state index contributed by atoms with van der Waals surface area (Å²) in [4.78, 5) is 20.5. The first-order valence-corrected chi connectivity index (χ1v) is 8.77. The van der Waals surface area contributed by atoms with E-state index in [1.807, 2.05) is 22.0 Å². The van der Waals surface area contributed by atoms with Crippen LogP contribution in [0.4, 0.5) is 0 Å². The Balaban J connectivity index is 1.58. The van der Waals surface area contributed by atoms with Gasteiger partial charge in [0.05, 0.1) is 10.7 Å². The fourth-order valence-electron chi connectivity index (χ4n) is 4.05. The van der Waals surface area contributed by atoms with Crippen LogP contribution in [0.1, 0.15) is 33.6 Å². The van der Waals surface area contributed by atoms with Crippen LogP contribution in [0.15, 0.2) is 23.0 Å². The molecule has 0 saturated carbocycles. The second-order valence-corrected chi connectivity index (χ2v) is 7.92. The zero-order chi connectivity index (χ0) is 15.3. The van der Waals surface area contributed by atoms with Crippen molar-refractivity contribution >= 4 is 11.3 Å². The van der Waals surface area contributed by atoms with E-state index in [2.05, 4.69) is 29.8 Å². The predicted octanol–water partition coefficient (Wildman–Crippen LogP) is 2.54. The molecule has 0 radical (unpaired) electrons. The third-order valence-electron chi connectivity index (χ3n) is 4.92. The van der Waals surface area contributed by atoms with E-state index in [4.69, 9.17) is 0 Å². The standard InChI is InChI=1S/C17H21N3OS/c1-11-16(22-12(2)18-11)10-19-7-13-6-14(9-19)15-4-3-5-17(21)20(15)8-13/h3-5,13-14H,6-10H2,1-2H3. The Hall–Kier alpha value is -1.46. The quantitative estimate of drug-likeness (QED) is 0.855. The Bertz CT molecular complexity index is 764. The van der Waals surface area contributed by atoms with E-state index in [0.29, 0.717) is 11.8 Å². The number of rotatable bonds is 2. The monoisotopic (exact) mass is 315 g/mol. The van der Waals surface area contributed by atoms with Gasteiger partial charge in [0.15, 0.2) is 0 Å². The summed E-state index contributed by atoms with van der Waals surface area (Å²) in [6.45, 7) is 8.21. The van der Waals surface area contributed by atoms with E-state index >= 15 is 0 Å². The number of thiazole rings is 1. The van der Waals surface area contributed by atoms with Crippen molar-refractivity contribution in [1.82, 2.24) is 14.5 Å². The molecule has 2 unspecified atom stereocenters. The molecule has 2 aromatic rings. The zero-order valence-corrected chi connectivity index (χ0v) is 13.9. The van der Waals surface area contributed by atoms with Crippen molar-refractivity contribution in [2.45, 2.75) is 39.3 Å². The molecule has 22 heavy (non-hydrogen) atoms. The highest BCUT2D eigenvalue weighted by Gasteiger charge is 2.34. The molecule has 0 spiro atoms. The van der Waals surface area contributed by atoms with Gasteiger partial charge in [-0.3, -0.25) is 9.69 Å². The van der Waals surface area contributed by atoms with E-state index in [9.17, 15) is 4.79 Å². The van der Waals surface area contributed by atoms with Gasteiger partial charge in [0, 0.05) is 48.7 Å².